The molecule has 0 radical (unpaired) electrons. The molecule has 1 amide bonds. The molecule has 0 aromatic carbocycles. The van der Waals surface area contributed by atoms with Crippen LogP contribution >= 0.6 is 0 Å². The molecule has 0 spiro atoms. The van der Waals surface area contributed by atoms with Gasteiger partial charge >= 0.3 is 6.09 Å². The van der Waals surface area contributed by atoms with E-state index in [4.69, 9.17) is 14.7 Å². The van der Waals surface area contributed by atoms with E-state index in [0.717, 1.165) is 0 Å². The van der Waals surface area contributed by atoms with E-state index in [1.165, 1.54) is 11.9 Å². The summed E-state index contributed by atoms with van der Waals surface area (Å²) in [6.07, 6.45) is -1.03. The minimum atomic E-state index is -1.03. The lowest BCUT2D eigenvalue weighted by Gasteiger charge is -2.34. The number of aromatic nitrogens is 1. The molecule has 1 unspecified atom stereocenters. The lowest BCUT2D eigenvalue weighted by atomic mass is 9.84. The second kappa shape index (κ2) is 4.75. The first kappa shape index (κ1) is 13.5. The van der Waals surface area contributed by atoms with Crippen molar-refractivity contribution in [3.8, 4) is 0 Å². The van der Waals surface area contributed by atoms with Gasteiger partial charge in [0.2, 0.25) is 0 Å². The second-order valence-corrected chi connectivity index (χ2v) is 5.04. The molecule has 1 aromatic rings. The summed E-state index contributed by atoms with van der Waals surface area (Å²) in [5.41, 5.74) is 0.183. The Morgan fingerprint density at radius 2 is 2.18 bits per heavy atom. The molecule has 6 heteroatoms. The number of aliphatic hydroxyl groups is 1. The minimum Gasteiger partial charge on any atom is -0.465 e. The average Bonchev–Trinajstić information content (AvgIpc) is 2.63. The molecule has 1 atom stereocenters. The molecule has 96 valence electrons. The number of hydrogen-bond acceptors (Lipinski definition) is 4. The van der Waals surface area contributed by atoms with Gasteiger partial charge in [-0.05, 0) is 5.41 Å². The van der Waals surface area contributed by atoms with Gasteiger partial charge in [0.05, 0.1) is 6.04 Å². The quantitative estimate of drug-likeness (QED) is 0.844. The third-order valence-corrected chi connectivity index (χ3v) is 2.52. The number of rotatable bonds is 3. The van der Waals surface area contributed by atoms with Crippen molar-refractivity contribution in [2.45, 2.75) is 33.4 Å². The zero-order valence-corrected chi connectivity index (χ0v) is 10.5. The van der Waals surface area contributed by atoms with E-state index in [1.807, 2.05) is 20.8 Å². The topological polar surface area (TPSA) is 86.8 Å². The number of hydrogen-bond donors (Lipinski definition) is 2. The highest BCUT2D eigenvalue weighted by atomic mass is 16.5. The van der Waals surface area contributed by atoms with E-state index in [1.54, 1.807) is 6.07 Å². The van der Waals surface area contributed by atoms with Crippen molar-refractivity contribution in [3.63, 3.8) is 0 Å². The fourth-order valence-corrected chi connectivity index (χ4v) is 1.87. The van der Waals surface area contributed by atoms with Crippen molar-refractivity contribution in [1.29, 1.82) is 0 Å². The third-order valence-electron chi connectivity index (χ3n) is 2.52. The average molecular weight is 242 g/mol. The summed E-state index contributed by atoms with van der Waals surface area (Å²) in [4.78, 5) is 12.2. The van der Waals surface area contributed by atoms with Gasteiger partial charge in [0.1, 0.15) is 12.3 Å². The van der Waals surface area contributed by atoms with Crippen molar-refractivity contribution in [2.75, 3.05) is 7.05 Å². The molecule has 0 bridgehead atoms. The molecular formula is C11H18N2O4. The summed E-state index contributed by atoms with van der Waals surface area (Å²) in [5.74, 6) is 0.327. The van der Waals surface area contributed by atoms with Crippen LogP contribution in [0.4, 0.5) is 4.79 Å². The summed E-state index contributed by atoms with van der Waals surface area (Å²) in [5, 5.41) is 21.8. The number of amides is 1. The Kier molecular flexibility index (Phi) is 3.77. The van der Waals surface area contributed by atoms with E-state index in [9.17, 15) is 4.79 Å². The van der Waals surface area contributed by atoms with Crippen LogP contribution in [0.3, 0.4) is 0 Å². The molecule has 0 aliphatic carbocycles. The van der Waals surface area contributed by atoms with Crippen LogP contribution in [0.25, 0.3) is 0 Å². The molecule has 1 aromatic heterocycles. The Morgan fingerprint density at radius 1 is 1.59 bits per heavy atom. The number of carbonyl (C=O) groups is 1. The standard InChI is InChI=1S/C11H18N2O4/c1-11(2,3)9(13(4)10(15)16)8-5-7(6-14)17-12-8/h5,9,14H,6H2,1-4H3,(H,15,16). The van der Waals surface area contributed by atoms with Gasteiger partial charge in [-0.15, -0.1) is 0 Å². The minimum absolute atomic E-state index is 0.249. The molecule has 6 nitrogen and oxygen atoms in total. The van der Waals surface area contributed by atoms with Crippen LogP contribution in [0.5, 0.6) is 0 Å². The summed E-state index contributed by atoms with van der Waals surface area (Å²) in [7, 11) is 1.49. The van der Waals surface area contributed by atoms with Crippen molar-refractivity contribution >= 4 is 6.09 Å². The maximum absolute atomic E-state index is 11.1. The largest absolute Gasteiger partial charge is 0.465 e. The Hall–Kier alpha value is -1.56. The highest BCUT2D eigenvalue weighted by molar-refractivity contribution is 5.65. The molecule has 0 aliphatic heterocycles. The van der Waals surface area contributed by atoms with Gasteiger partial charge in [0, 0.05) is 13.1 Å². The van der Waals surface area contributed by atoms with Gasteiger partial charge in [-0.2, -0.15) is 0 Å². The summed E-state index contributed by atoms with van der Waals surface area (Å²) in [6.45, 7) is 5.51. The van der Waals surface area contributed by atoms with Gasteiger partial charge in [-0.25, -0.2) is 4.79 Å². The fraction of sp³-hybridized carbons (Fsp3) is 0.636. The van der Waals surface area contributed by atoms with Gasteiger partial charge in [0.15, 0.2) is 5.76 Å². The van der Waals surface area contributed by atoms with Crippen LogP contribution in [0, 0.1) is 5.41 Å². The first-order chi connectivity index (χ1) is 7.77. The number of aliphatic hydroxyl groups excluding tert-OH is 1. The first-order valence-corrected chi connectivity index (χ1v) is 5.29. The highest BCUT2D eigenvalue weighted by Gasteiger charge is 2.35. The molecule has 0 fully saturated rings. The lowest BCUT2D eigenvalue weighted by Crippen LogP contribution is -2.37. The van der Waals surface area contributed by atoms with E-state index < -0.39 is 12.1 Å². The molecule has 2 N–H and O–H groups in total. The van der Waals surface area contributed by atoms with Crippen molar-refractivity contribution in [2.24, 2.45) is 5.41 Å². The Labute approximate surface area is 99.8 Å². The van der Waals surface area contributed by atoms with Crippen molar-refractivity contribution in [3.05, 3.63) is 17.5 Å². The van der Waals surface area contributed by atoms with E-state index in [-0.39, 0.29) is 12.0 Å². The lowest BCUT2D eigenvalue weighted by molar-refractivity contribution is 0.0947. The zero-order valence-electron chi connectivity index (χ0n) is 10.5. The molecule has 17 heavy (non-hydrogen) atoms. The maximum Gasteiger partial charge on any atom is 0.407 e. The zero-order chi connectivity index (χ0) is 13.2. The van der Waals surface area contributed by atoms with Crippen molar-refractivity contribution in [1.82, 2.24) is 10.1 Å². The van der Waals surface area contributed by atoms with Crippen LogP contribution in [0.15, 0.2) is 10.6 Å². The molecule has 0 aliphatic rings. The van der Waals surface area contributed by atoms with Crippen LogP contribution in [-0.4, -0.2) is 33.4 Å². The Balaban J connectivity index is 3.11. The molecule has 1 rings (SSSR count). The summed E-state index contributed by atoms with van der Waals surface area (Å²) < 4.78 is 4.90. The molecule has 0 saturated carbocycles. The number of carboxylic acid groups (broad SMARTS) is 1. The maximum atomic E-state index is 11.1. The van der Waals surface area contributed by atoms with E-state index in [0.29, 0.717) is 11.5 Å². The molecular weight excluding hydrogens is 224 g/mol. The third kappa shape index (κ3) is 2.97. The molecule has 0 saturated heterocycles. The summed E-state index contributed by atoms with van der Waals surface area (Å²) in [6, 6.07) is 1.15. The smallest absolute Gasteiger partial charge is 0.407 e. The summed E-state index contributed by atoms with van der Waals surface area (Å²) >= 11 is 0. The normalized spacial score (nSPS) is 13.5. The van der Waals surface area contributed by atoms with Crippen LogP contribution in [0.2, 0.25) is 0 Å². The Morgan fingerprint density at radius 3 is 2.53 bits per heavy atom. The molecule has 1 heterocycles. The fourth-order valence-electron chi connectivity index (χ4n) is 1.87. The van der Waals surface area contributed by atoms with Gasteiger partial charge < -0.3 is 19.6 Å². The van der Waals surface area contributed by atoms with Crippen LogP contribution < -0.4 is 0 Å². The predicted molar refractivity (Wildman–Crippen MR) is 60.4 cm³/mol. The van der Waals surface area contributed by atoms with Crippen LogP contribution in [0.1, 0.15) is 38.3 Å². The first-order valence-electron chi connectivity index (χ1n) is 5.29. The SMILES string of the molecule is CN(C(=O)O)C(c1cc(CO)on1)C(C)(C)C. The number of nitrogens with zero attached hydrogens (tertiary/aromatic N) is 2. The van der Waals surface area contributed by atoms with E-state index in [2.05, 4.69) is 5.16 Å². The van der Waals surface area contributed by atoms with E-state index >= 15 is 0 Å². The highest BCUT2D eigenvalue weighted by Crippen LogP contribution is 2.36. The van der Waals surface area contributed by atoms with Crippen LogP contribution in [-0.2, 0) is 6.61 Å². The second-order valence-electron chi connectivity index (χ2n) is 5.04. The van der Waals surface area contributed by atoms with Crippen molar-refractivity contribution < 1.29 is 19.5 Å². The van der Waals surface area contributed by atoms with Gasteiger partial charge in [0.25, 0.3) is 0 Å². The van der Waals surface area contributed by atoms with Gasteiger partial charge in [-0.1, -0.05) is 25.9 Å². The Bertz CT molecular complexity index is 394. The predicted octanol–water partition coefficient (Wildman–Crippen LogP) is 1.86. The monoisotopic (exact) mass is 242 g/mol. The van der Waals surface area contributed by atoms with Gasteiger partial charge in [-0.3, -0.25) is 0 Å².